The van der Waals surface area contributed by atoms with Crippen molar-refractivity contribution in [1.82, 2.24) is 0 Å². The van der Waals surface area contributed by atoms with Crippen LogP contribution in [0.15, 0.2) is 46.9 Å². The standard InChI is InChI=1S/C16H13BrFNO/c1-10-8-11-4-2-3-5-15(11)19(10)16(20)13-9-12(18)6-7-14(13)17/h2-7,9-10H,8H2,1H3/t10-/m0/s1. The molecule has 3 rings (SSSR count). The summed E-state index contributed by atoms with van der Waals surface area (Å²) in [6.07, 6.45) is 0.828. The molecule has 102 valence electrons. The van der Waals surface area contributed by atoms with Crippen LogP contribution in [0, 0.1) is 5.82 Å². The zero-order valence-corrected chi connectivity index (χ0v) is 12.5. The summed E-state index contributed by atoms with van der Waals surface area (Å²) >= 11 is 3.32. The van der Waals surface area contributed by atoms with Crippen LogP contribution in [0.5, 0.6) is 0 Å². The van der Waals surface area contributed by atoms with Crippen molar-refractivity contribution in [3.05, 3.63) is 63.9 Å². The van der Waals surface area contributed by atoms with Gasteiger partial charge in [0.1, 0.15) is 5.82 Å². The van der Waals surface area contributed by atoms with Gasteiger partial charge < -0.3 is 4.90 Å². The van der Waals surface area contributed by atoms with Crippen LogP contribution in [0.4, 0.5) is 10.1 Å². The van der Waals surface area contributed by atoms with Crippen LogP contribution in [0.3, 0.4) is 0 Å². The van der Waals surface area contributed by atoms with Gasteiger partial charge in [0.15, 0.2) is 0 Å². The van der Waals surface area contributed by atoms with Gasteiger partial charge in [0.2, 0.25) is 0 Å². The van der Waals surface area contributed by atoms with Crippen molar-refractivity contribution in [3.8, 4) is 0 Å². The first kappa shape index (κ1) is 13.3. The van der Waals surface area contributed by atoms with Crippen molar-refractivity contribution in [2.75, 3.05) is 4.90 Å². The lowest BCUT2D eigenvalue weighted by molar-refractivity contribution is 0.0980. The molecule has 0 N–H and O–H groups in total. The average molecular weight is 334 g/mol. The van der Waals surface area contributed by atoms with Crippen LogP contribution in [-0.2, 0) is 6.42 Å². The molecular weight excluding hydrogens is 321 g/mol. The van der Waals surface area contributed by atoms with Gasteiger partial charge in [-0.15, -0.1) is 0 Å². The van der Waals surface area contributed by atoms with Gasteiger partial charge >= 0.3 is 0 Å². The zero-order valence-electron chi connectivity index (χ0n) is 10.9. The Morgan fingerprint density at radius 1 is 1.30 bits per heavy atom. The molecule has 1 atom stereocenters. The van der Waals surface area contributed by atoms with Crippen molar-refractivity contribution in [1.29, 1.82) is 0 Å². The normalized spacial score (nSPS) is 17.1. The van der Waals surface area contributed by atoms with E-state index in [-0.39, 0.29) is 11.9 Å². The van der Waals surface area contributed by atoms with Crippen molar-refractivity contribution in [2.24, 2.45) is 0 Å². The first-order valence-electron chi connectivity index (χ1n) is 6.44. The molecular formula is C16H13BrFNO. The molecule has 1 heterocycles. The van der Waals surface area contributed by atoms with Crippen LogP contribution >= 0.6 is 15.9 Å². The number of halogens is 2. The molecule has 0 saturated heterocycles. The summed E-state index contributed by atoms with van der Waals surface area (Å²) in [4.78, 5) is 14.5. The van der Waals surface area contributed by atoms with E-state index >= 15 is 0 Å². The Labute approximate surface area is 125 Å². The first-order valence-corrected chi connectivity index (χ1v) is 7.24. The Morgan fingerprint density at radius 3 is 2.85 bits per heavy atom. The molecule has 0 bridgehead atoms. The molecule has 0 unspecified atom stereocenters. The van der Waals surface area contributed by atoms with Gasteiger partial charge in [-0.2, -0.15) is 0 Å². The number of carbonyl (C=O) groups excluding carboxylic acids is 1. The summed E-state index contributed by atoms with van der Waals surface area (Å²) < 4.78 is 14.0. The predicted molar refractivity (Wildman–Crippen MR) is 80.5 cm³/mol. The van der Waals surface area contributed by atoms with Crippen LogP contribution in [-0.4, -0.2) is 11.9 Å². The maximum absolute atomic E-state index is 13.4. The zero-order chi connectivity index (χ0) is 14.3. The number of rotatable bonds is 1. The highest BCUT2D eigenvalue weighted by atomic mass is 79.9. The van der Waals surface area contributed by atoms with Gasteiger partial charge in [-0.25, -0.2) is 4.39 Å². The summed E-state index contributed by atoms with van der Waals surface area (Å²) in [5.74, 6) is -0.578. The Morgan fingerprint density at radius 2 is 2.05 bits per heavy atom. The minimum absolute atomic E-state index is 0.0788. The Bertz CT molecular complexity index is 686. The second-order valence-corrected chi connectivity index (χ2v) is 5.84. The fraction of sp³-hybridized carbons (Fsp3) is 0.188. The third kappa shape index (κ3) is 2.14. The Hall–Kier alpha value is -1.68. The van der Waals surface area contributed by atoms with Gasteiger partial charge in [-0.3, -0.25) is 4.79 Å². The van der Waals surface area contributed by atoms with E-state index < -0.39 is 5.82 Å². The van der Waals surface area contributed by atoms with E-state index in [1.807, 2.05) is 31.2 Å². The Balaban J connectivity index is 2.05. The molecule has 0 spiro atoms. The number of hydrogen-bond donors (Lipinski definition) is 0. The minimum atomic E-state index is -0.406. The van der Waals surface area contributed by atoms with Crippen LogP contribution in [0.2, 0.25) is 0 Å². The van der Waals surface area contributed by atoms with E-state index in [4.69, 9.17) is 0 Å². The highest BCUT2D eigenvalue weighted by Gasteiger charge is 2.32. The number of carbonyl (C=O) groups is 1. The number of fused-ring (bicyclic) bond motifs is 1. The van der Waals surface area contributed by atoms with Crippen LogP contribution in [0.25, 0.3) is 0 Å². The number of para-hydroxylation sites is 1. The smallest absolute Gasteiger partial charge is 0.259 e. The molecule has 0 aromatic heterocycles. The number of nitrogens with zero attached hydrogens (tertiary/aromatic N) is 1. The second-order valence-electron chi connectivity index (χ2n) is 4.98. The third-order valence-corrected chi connectivity index (χ3v) is 4.28. The molecule has 0 radical (unpaired) electrons. The van der Waals surface area contributed by atoms with Crippen LogP contribution in [0.1, 0.15) is 22.8 Å². The van der Waals surface area contributed by atoms with Crippen molar-refractivity contribution < 1.29 is 9.18 Å². The maximum atomic E-state index is 13.4. The summed E-state index contributed by atoms with van der Waals surface area (Å²) in [5, 5.41) is 0. The van der Waals surface area contributed by atoms with Crippen molar-refractivity contribution in [3.63, 3.8) is 0 Å². The average Bonchev–Trinajstić information content (AvgIpc) is 2.76. The fourth-order valence-corrected chi connectivity index (χ4v) is 3.08. The topological polar surface area (TPSA) is 20.3 Å². The maximum Gasteiger partial charge on any atom is 0.259 e. The molecule has 2 aromatic rings. The molecule has 2 nitrogen and oxygen atoms in total. The van der Waals surface area contributed by atoms with Gasteiger partial charge in [0.25, 0.3) is 5.91 Å². The second kappa shape index (κ2) is 5.02. The third-order valence-electron chi connectivity index (χ3n) is 3.58. The van der Waals surface area contributed by atoms with E-state index in [2.05, 4.69) is 15.9 Å². The molecule has 1 aliphatic rings. The quantitative estimate of drug-likeness (QED) is 0.766. The highest BCUT2D eigenvalue weighted by Crippen LogP contribution is 2.34. The highest BCUT2D eigenvalue weighted by molar-refractivity contribution is 9.10. The number of amides is 1. The largest absolute Gasteiger partial charge is 0.305 e. The number of anilines is 1. The molecule has 0 saturated carbocycles. The summed E-state index contributed by atoms with van der Waals surface area (Å²) in [6, 6.07) is 12.1. The van der Waals surface area contributed by atoms with Crippen LogP contribution < -0.4 is 4.90 Å². The molecule has 0 fully saturated rings. The fourth-order valence-electron chi connectivity index (χ4n) is 2.67. The molecule has 1 amide bonds. The van der Waals surface area contributed by atoms with Gasteiger partial charge in [0, 0.05) is 16.2 Å². The van der Waals surface area contributed by atoms with Crippen molar-refractivity contribution >= 4 is 27.5 Å². The molecule has 20 heavy (non-hydrogen) atoms. The summed E-state index contributed by atoms with van der Waals surface area (Å²) in [5.41, 5.74) is 2.43. The lowest BCUT2D eigenvalue weighted by atomic mass is 10.1. The number of benzene rings is 2. The summed E-state index contributed by atoms with van der Waals surface area (Å²) in [6.45, 7) is 2.01. The lowest BCUT2D eigenvalue weighted by Crippen LogP contribution is -2.36. The van der Waals surface area contributed by atoms with E-state index in [1.54, 1.807) is 11.0 Å². The van der Waals surface area contributed by atoms with E-state index in [9.17, 15) is 9.18 Å². The first-order chi connectivity index (χ1) is 9.58. The van der Waals surface area contributed by atoms with Gasteiger partial charge in [-0.05, 0) is 59.1 Å². The van der Waals surface area contributed by atoms with Gasteiger partial charge in [0.05, 0.1) is 5.56 Å². The monoisotopic (exact) mass is 333 g/mol. The molecule has 4 heteroatoms. The minimum Gasteiger partial charge on any atom is -0.305 e. The Kier molecular flexibility index (Phi) is 3.34. The van der Waals surface area contributed by atoms with E-state index in [1.165, 1.54) is 12.1 Å². The van der Waals surface area contributed by atoms with E-state index in [0.29, 0.717) is 10.0 Å². The van der Waals surface area contributed by atoms with Gasteiger partial charge in [-0.1, -0.05) is 18.2 Å². The predicted octanol–water partition coefficient (Wildman–Crippen LogP) is 4.18. The van der Waals surface area contributed by atoms with Crippen molar-refractivity contribution in [2.45, 2.75) is 19.4 Å². The molecule has 1 aliphatic heterocycles. The van der Waals surface area contributed by atoms with E-state index in [0.717, 1.165) is 17.7 Å². The SMILES string of the molecule is C[C@H]1Cc2ccccc2N1C(=O)c1cc(F)ccc1Br. The molecule has 0 aliphatic carbocycles. The summed E-state index contributed by atoms with van der Waals surface area (Å²) in [7, 11) is 0. The molecule has 2 aromatic carbocycles. The lowest BCUT2D eigenvalue weighted by Gasteiger charge is -2.23. The number of hydrogen-bond acceptors (Lipinski definition) is 1.